The second-order valence-electron chi connectivity index (χ2n) is 11.5. The number of halogens is 4. The molecule has 2 aromatic carbocycles. The Morgan fingerprint density at radius 1 is 0.957 bits per heavy atom. The van der Waals surface area contributed by atoms with Gasteiger partial charge >= 0.3 is 0 Å². The molecule has 2 fully saturated rings. The van der Waals surface area contributed by atoms with E-state index in [4.69, 9.17) is 51.1 Å². The Balaban J connectivity index is 1.55. The van der Waals surface area contributed by atoms with Crippen LogP contribution < -0.4 is 0 Å². The Labute approximate surface area is 290 Å². The van der Waals surface area contributed by atoms with Crippen molar-refractivity contribution in [1.29, 1.82) is 0 Å². The number of carbonyl (C=O) groups is 4. The Morgan fingerprint density at radius 2 is 1.54 bits per heavy atom. The van der Waals surface area contributed by atoms with E-state index in [1.54, 1.807) is 43.3 Å². The third kappa shape index (κ3) is 9.81. The smallest absolute Gasteiger partial charge is 0.247 e. The lowest BCUT2D eigenvalue weighted by Crippen LogP contribution is -2.63. The van der Waals surface area contributed by atoms with Gasteiger partial charge in [-0.05, 0) is 48.2 Å². The number of piperazine rings is 1. The predicted octanol–water partition coefficient (Wildman–Crippen LogP) is 4.87. The van der Waals surface area contributed by atoms with Gasteiger partial charge in [-0.1, -0.05) is 77.6 Å². The summed E-state index contributed by atoms with van der Waals surface area (Å²) in [5, 5.41) is 1.14. The molecule has 4 rings (SSSR count). The standard InChI is InChI=1S/C33H40Cl4N4O5/c1-2-27(22-42)41(30(37)19-24-6-10-26(35)11-7-24)31(43)20-28-33(45)40(29(36)18-23-4-8-25(34)9-5-23)21-32(44)39(28)13-3-12-38-14-16-46-17-15-38/h4-11,22,27-30H,2-3,12-21H2,1H3. The van der Waals surface area contributed by atoms with Gasteiger partial charge in [0, 0.05) is 49.1 Å². The summed E-state index contributed by atoms with van der Waals surface area (Å²) < 4.78 is 5.43. The quantitative estimate of drug-likeness (QED) is 0.149. The van der Waals surface area contributed by atoms with Gasteiger partial charge in [-0.25, -0.2) is 0 Å². The molecule has 0 spiro atoms. The number of ether oxygens (including phenoxy) is 1. The summed E-state index contributed by atoms with van der Waals surface area (Å²) in [6.07, 6.45) is 1.84. The molecule has 0 aromatic heterocycles. The van der Waals surface area contributed by atoms with Gasteiger partial charge in [0.15, 0.2) is 0 Å². The highest BCUT2D eigenvalue weighted by Crippen LogP contribution is 2.26. The van der Waals surface area contributed by atoms with Crippen LogP contribution in [-0.2, 0) is 36.8 Å². The van der Waals surface area contributed by atoms with Crippen molar-refractivity contribution in [2.45, 2.75) is 62.1 Å². The fourth-order valence-electron chi connectivity index (χ4n) is 5.83. The van der Waals surface area contributed by atoms with E-state index in [0.717, 1.165) is 30.8 Å². The Bertz CT molecular complexity index is 1330. The maximum absolute atomic E-state index is 14.1. The first-order valence-electron chi connectivity index (χ1n) is 15.5. The van der Waals surface area contributed by atoms with Gasteiger partial charge in [0.25, 0.3) is 0 Å². The van der Waals surface area contributed by atoms with E-state index in [1.807, 2.05) is 12.1 Å². The molecule has 0 radical (unpaired) electrons. The van der Waals surface area contributed by atoms with Gasteiger partial charge in [0.2, 0.25) is 17.7 Å². The third-order valence-electron chi connectivity index (χ3n) is 8.41. The van der Waals surface area contributed by atoms with Crippen molar-refractivity contribution in [3.8, 4) is 0 Å². The van der Waals surface area contributed by atoms with Gasteiger partial charge in [-0.15, -0.1) is 0 Å². The zero-order chi connectivity index (χ0) is 33.2. The molecule has 0 saturated carbocycles. The van der Waals surface area contributed by atoms with Crippen LogP contribution in [0.1, 0.15) is 37.3 Å². The summed E-state index contributed by atoms with van der Waals surface area (Å²) in [5.74, 6) is -1.21. The van der Waals surface area contributed by atoms with Gasteiger partial charge in [-0.3, -0.25) is 19.3 Å². The van der Waals surface area contributed by atoms with Crippen LogP contribution in [0, 0.1) is 0 Å². The first-order chi connectivity index (χ1) is 22.1. The lowest BCUT2D eigenvalue weighted by atomic mass is 10.0. The van der Waals surface area contributed by atoms with Crippen molar-refractivity contribution in [1.82, 2.24) is 19.6 Å². The molecule has 3 amide bonds. The highest BCUT2D eigenvalue weighted by molar-refractivity contribution is 6.30. The van der Waals surface area contributed by atoms with Gasteiger partial charge in [0.05, 0.1) is 25.7 Å². The Kier molecular flexibility index (Phi) is 14.0. The molecule has 0 aliphatic carbocycles. The fraction of sp³-hybridized carbons (Fsp3) is 0.515. The molecule has 2 heterocycles. The summed E-state index contributed by atoms with van der Waals surface area (Å²) in [4.78, 5) is 60.4. The maximum atomic E-state index is 14.1. The number of morpholine rings is 1. The molecular weight excluding hydrogens is 674 g/mol. The first kappa shape index (κ1) is 36.4. The second kappa shape index (κ2) is 17.7. The van der Waals surface area contributed by atoms with Crippen molar-refractivity contribution in [3.63, 3.8) is 0 Å². The molecule has 2 aliphatic heterocycles. The van der Waals surface area contributed by atoms with Gasteiger partial charge in [0.1, 0.15) is 29.9 Å². The second-order valence-corrected chi connectivity index (χ2v) is 13.4. The summed E-state index contributed by atoms with van der Waals surface area (Å²) in [7, 11) is 0. The molecule has 46 heavy (non-hydrogen) atoms. The van der Waals surface area contributed by atoms with Crippen LogP contribution in [0.3, 0.4) is 0 Å². The van der Waals surface area contributed by atoms with E-state index in [1.165, 1.54) is 14.7 Å². The number of nitrogens with zero attached hydrogens (tertiary/aromatic N) is 4. The van der Waals surface area contributed by atoms with Crippen molar-refractivity contribution >= 4 is 70.4 Å². The molecular formula is C33H40Cl4N4O5. The van der Waals surface area contributed by atoms with Crippen LogP contribution in [-0.4, -0.2) is 113 Å². The van der Waals surface area contributed by atoms with Crippen molar-refractivity contribution in [2.24, 2.45) is 0 Å². The molecule has 2 aliphatic rings. The number of hydrogen-bond donors (Lipinski definition) is 0. The van der Waals surface area contributed by atoms with Crippen LogP contribution >= 0.6 is 46.4 Å². The molecule has 13 heteroatoms. The number of carbonyl (C=O) groups excluding carboxylic acids is 4. The van der Waals surface area contributed by atoms with E-state index in [0.29, 0.717) is 42.4 Å². The van der Waals surface area contributed by atoms with Crippen LogP contribution in [0.4, 0.5) is 0 Å². The third-order valence-corrected chi connectivity index (χ3v) is 9.67. The number of benzene rings is 2. The van der Waals surface area contributed by atoms with Crippen molar-refractivity contribution in [3.05, 3.63) is 69.7 Å². The average Bonchev–Trinajstić information content (AvgIpc) is 3.05. The van der Waals surface area contributed by atoms with E-state index in [9.17, 15) is 19.2 Å². The molecule has 2 aromatic rings. The zero-order valence-corrected chi connectivity index (χ0v) is 28.9. The highest BCUT2D eigenvalue weighted by atomic mass is 35.5. The average molecular weight is 715 g/mol. The summed E-state index contributed by atoms with van der Waals surface area (Å²) in [6.45, 7) is 5.49. The maximum Gasteiger partial charge on any atom is 0.247 e. The molecule has 9 nitrogen and oxygen atoms in total. The van der Waals surface area contributed by atoms with E-state index in [2.05, 4.69) is 4.90 Å². The summed E-state index contributed by atoms with van der Waals surface area (Å²) in [5.41, 5.74) is -0.0315. The van der Waals surface area contributed by atoms with Crippen LogP contribution in [0.2, 0.25) is 10.0 Å². The molecule has 4 atom stereocenters. The topological polar surface area (TPSA) is 90.5 Å². The van der Waals surface area contributed by atoms with Crippen LogP contribution in [0.5, 0.6) is 0 Å². The number of alkyl halides is 2. The van der Waals surface area contributed by atoms with Crippen molar-refractivity contribution in [2.75, 3.05) is 45.9 Å². The normalized spacial score (nSPS) is 19.5. The van der Waals surface area contributed by atoms with E-state index in [-0.39, 0.29) is 38.3 Å². The van der Waals surface area contributed by atoms with E-state index >= 15 is 0 Å². The molecule has 0 N–H and O–H groups in total. The van der Waals surface area contributed by atoms with Crippen LogP contribution in [0.15, 0.2) is 48.5 Å². The SMILES string of the molecule is CCC(C=O)N(C(=O)CC1C(=O)N(C(Cl)Cc2ccc(Cl)cc2)CC(=O)N1CCCN1CCOCC1)C(Cl)Cc1ccc(Cl)cc1. The van der Waals surface area contributed by atoms with Gasteiger partial charge in [-0.2, -0.15) is 0 Å². The zero-order valence-electron chi connectivity index (χ0n) is 25.8. The number of rotatable bonds is 15. The Hall–Kier alpha value is -2.40. The minimum atomic E-state index is -1.10. The van der Waals surface area contributed by atoms with Crippen molar-refractivity contribution < 1.29 is 23.9 Å². The fourth-order valence-corrected chi connectivity index (χ4v) is 6.86. The molecule has 4 unspecified atom stereocenters. The number of hydrogen-bond acceptors (Lipinski definition) is 6. The molecule has 250 valence electrons. The predicted molar refractivity (Wildman–Crippen MR) is 180 cm³/mol. The lowest BCUT2D eigenvalue weighted by Gasteiger charge is -2.43. The van der Waals surface area contributed by atoms with Crippen LogP contribution in [0.25, 0.3) is 0 Å². The largest absolute Gasteiger partial charge is 0.379 e. The van der Waals surface area contributed by atoms with Gasteiger partial charge < -0.3 is 24.2 Å². The lowest BCUT2D eigenvalue weighted by molar-refractivity contribution is -0.159. The summed E-state index contributed by atoms with van der Waals surface area (Å²) in [6, 6.07) is 12.3. The van der Waals surface area contributed by atoms with E-state index < -0.39 is 34.9 Å². The first-order valence-corrected chi connectivity index (χ1v) is 17.2. The summed E-state index contributed by atoms with van der Waals surface area (Å²) >= 11 is 25.7. The number of aldehydes is 1. The molecule has 2 saturated heterocycles. The minimum absolute atomic E-state index is 0.201. The Morgan fingerprint density at radius 3 is 2.11 bits per heavy atom. The molecule has 0 bridgehead atoms. The number of amides is 3. The minimum Gasteiger partial charge on any atom is -0.379 e. The monoisotopic (exact) mass is 712 g/mol. The highest BCUT2D eigenvalue weighted by Gasteiger charge is 2.44.